The second-order valence-corrected chi connectivity index (χ2v) is 7.11. The molecule has 0 amide bonds. The lowest BCUT2D eigenvalue weighted by molar-refractivity contribution is 0.258. The van der Waals surface area contributed by atoms with Gasteiger partial charge >= 0.3 is 0 Å². The number of nitrogens with one attached hydrogen (secondary N) is 1. The quantitative estimate of drug-likeness (QED) is 0.876. The summed E-state index contributed by atoms with van der Waals surface area (Å²) in [7, 11) is 0. The van der Waals surface area contributed by atoms with Gasteiger partial charge in [0.05, 0.1) is 12.6 Å². The molecule has 19 heavy (non-hydrogen) atoms. The van der Waals surface area contributed by atoms with Gasteiger partial charge in [-0.15, -0.1) is 0 Å². The van der Waals surface area contributed by atoms with Gasteiger partial charge < -0.3 is 15.3 Å². The Balaban J connectivity index is 2.36. The summed E-state index contributed by atoms with van der Waals surface area (Å²) in [6, 6.07) is 6.49. The number of hydrogen-bond donors (Lipinski definition) is 2. The Hall–Kier alpha value is -0.580. The highest BCUT2D eigenvalue weighted by atomic mass is 79.9. The molecule has 1 aliphatic rings. The van der Waals surface area contributed by atoms with Crippen LogP contribution in [0.4, 0.5) is 5.69 Å². The molecular formula is C15H23BrN2O. The van der Waals surface area contributed by atoms with Gasteiger partial charge in [-0.2, -0.15) is 0 Å². The number of hydrogen-bond acceptors (Lipinski definition) is 3. The molecule has 1 unspecified atom stereocenters. The van der Waals surface area contributed by atoms with E-state index in [-0.39, 0.29) is 18.1 Å². The predicted octanol–water partition coefficient (Wildman–Crippen LogP) is 2.55. The highest BCUT2D eigenvalue weighted by Gasteiger charge is 2.30. The van der Waals surface area contributed by atoms with Crippen molar-refractivity contribution in [2.75, 3.05) is 31.1 Å². The molecule has 1 aromatic rings. The van der Waals surface area contributed by atoms with Gasteiger partial charge in [-0.1, -0.05) is 29.8 Å². The largest absolute Gasteiger partial charge is 0.394 e. The lowest BCUT2D eigenvalue weighted by Crippen LogP contribution is -2.44. The van der Waals surface area contributed by atoms with E-state index in [1.54, 1.807) is 0 Å². The molecule has 1 saturated heterocycles. The zero-order valence-corrected chi connectivity index (χ0v) is 13.5. The number of halogens is 1. The van der Waals surface area contributed by atoms with Crippen molar-refractivity contribution in [3.05, 3.63) is 28.2 Å². The van der Waals surface area contributed by atoms with Crippen LogP contribution in [-0.4, -0.2) is 37.4 Å². The average molecular weight is 327 g/mol. The van der Waals surface area contributed by atoms with Crippen LogP contribution in [-0.2, 0) is 0 Å². The summed E-state index contributed by atoms with van der Waals surface area (Å²) >= 11 is 3.51. The van der Waals surface area contributed by atoms with E-state index >= 15 is 0 Å². The van der Waals surface area contributed by atoms with Gasteiger partial charge in [0.15, 0.2) is 0 Å². The van der Waals surface area contributed by atoms with Crippen molar-refractivity contribution in [2.24, 2.45) is 5.41 Å². The summed E-state index contributed by atoms with van der Waals surface area (Å²) in [5, 5.41) is 13.1. The Labute approximate surface area is 124 Å². The Morgan fingerprint density at radius 1 is 1.47 bits per heavy atom. The van der Waals surface area contributed by atoms with Crippen molar-refractivity contribution in [2.45, 2.75) is 26.8 Å². The van der Waals surface area contributed by atoms with Crippen molar-refractivity contribution in [3.63, 3.8) is 0 Å². The standard InChI is InChI=1S/C15H23BrN2O/c1-11-6-12(16)4-5-14(11)18-10-15(2,3)9-17-7-13(18)8-19/h4-6,13,17,19H,7-10H2,1-3H3. The van der Waals surface area contributed by atoms with Gasteiger partial charge in [0.2, 0.25) is 0 Å². The van der Waals surface area contributed by atoms with Gasteiger partial charge in [-0.05, 0) is 36.1 Å². The first-order valence-corrected chi connectivity index (χ1v) is 7.56. The molecule has 0 spiro atoms. The van der Waals surface area contributed by atoms with E-state index in [2.05, 4.69) is 65.1 Å². The van der Waals surface area contributed by atoms with Gasteiger partial charge in [-0.25, -0.2) is 0 Å². The van der Waals surface area contributed by atoms with Crippen molar-refractivity contribution in [1.29, 1.82) is 0 Å². The van der Waals surface area contributed by atoms with Crippen molar-refractivity contribution >= 4 is 21.6 Å². The number of aliphatic hydroxyl groups is 1. The molecule has 0 aromatic heterocycles. The topological polar surface area (TPSA) is 35.5 Å². The van der Waals surface area contributed by atoms with Crippen LogP contribution in [0.5, 0.6) is 0 Å². The fourth-order valence-electron chi connectivity index (χ4n) is 2.72. The monoisotopic (exact) mass is 326 g/mol. The summed E-state index contributed by atoms with van der Waals surface area (Å²) in [5.41, 5.74) is 2.66. The third-order valence-electron chi connectivity index (χ3n) is 3.70. The van der Waals surface area contributed by atoms with Crippen molar-refractivity contribution < 1.29 is 5.11 Å². The maximum atomic E-state index is 9.67. The molecule has 0 bridgehead atoms. The molecule has 1 fully saturated rings. The minimum absolute atomic E-state index is 0.140. The van der Waals surface area contributed by atoms with Crippen LogP contribution in [0.15, 0.2) is 22.7 Å². The summed E-state index contributed by atoms with van der Waals surface area (Å²) < 4.78 is 1.10. The summed E-state index contributed by atoms with van der Waals surface area (Å²) in [6.07, 6.45) is 0. The molecule has 1 atom stereocenters. The summed E-state index contributed by atoms with van der Waals surface area (Å²) in [4.78, 5) is 2.35. The zero-order chi connectivity index (χ0) is 14.0. The van der Waals surface area contributed by atoms with Gasteiger partial charge in [-0.3, -0.25) is 0 Å². The van der Waals surface area contributed by atoms with E-state index < -0.39 is 0 Å². The highest BCUT2D eigenvalue weighted by Crippen LogP contribution is 2.30. The van der Waals surface area contributed by atoms with Crippen LogP contribution in [0.25, 0.3) is 0 Å². The van der Waals surface area contributed by atoms with E-state index in [1.165, 1.54) is 11.3 Å². The summed E-state index contributed by atoms with van der Waals surface area (Å²) in [6.45, 7) is 9.60. The third-order valence-corrected chi connectivity index (χ3v) is 4.19. The minimum atomic E-state index is 0.140. The first-order valence-electron chi connectivity index (χ1n) is 6.77. The molecule has 106 valence electrons. The third kappa shape index (κ3) is 3.50. The maximum Gasteiger partial charge on any atom is 0.0647 e. The second-order valence-electron chi connectivity index (χ2n) is 6.19. The molecule has 0 aliphatic carbocycles. The molecule has 4 heteroatoms. The smallest absolute Gasteiger partial charge is 0.0647 e. The number of benzene rings is 1. The number of rotatable bonds is 2. The Morgan fingerprint density at radius 2 is 2.21 bits per heavy atom. The number of aliphatic hydroxyl groups excluding tert-OH is 1. The molecule has 1 heterocycles. The lowest BCUT2D eigenvalue weighted by atomic mass is 9.92. The molecule has 1 aliphatic heterocycles. The van der Waals surface area contributed by atoms with E-state index in [1.807, 2.05) is 0 Å². The van der Waals surface area contributed by atoms with E-state index in [0.29, 0.717) is 0 Å². The fourth-order valence-corrected chi connectivity index (χ4v) is 3.20. The molecular weight excluding hydrogens is 304 g/mol. The van der Waals surface area contributed by atoms with Crippen LogP contribution in [0.2, 0.25) is 0 Å². The molecule has 2 N–H and O–H groups in total. The van der Waals surface area contributed by atoms with E-state index in [0.717, 1.165) is 24.1 Å². The van der Waals surface area contributed by atoms with Crippen LogP contribution in [0.3, 0.4) is 0 Å². The van der Waals surface area contributed by atoms with Crippen LogP contribution in [0.1, 0.15) is 19.4 Å². The first kappa shape index (κ1) is 14.8. The number of aryl methyl sites for hydroxylation is 1. The van der Waals surface area contributed by atoms with Gasteiger partial charge in [0, 0.05) is 29.8 Å². The SMILES string of the molecule is Cc1cc(Br)ccc1N1CC(C)(C)CNCC1CO. The van der Waals surface area contributed by atoms with Gasteiger partial charge in [0.25, 0.3) is 0 Å². The Bertz CT molecular complexity index is 448. The Kier molecular flexibility index (Phi) is 4.54. The van der Waals surface area contributed by atoms with E-state index in [9.17, 15) is 5.11 Å². The summed E-state index contributed by atoms with van der Waals surface area (Å²) in [5.74, 6) is 0. The van der Waals surface area contributed by atoms with Gasteiger partial charge in [0.1, 0.15) is 0 Å². The van der Waals surface area contributed by atoms with Crippen molar-refractivity contribution in [1.82, 2.24) is 5.32 Å². The molecule has 0 radical (unpaired) electrons. The van der Waals surface area contributed by atoms with Crippen LogP contribution >= 0.6 is 15.9 Å². The average Bonchev–Trinajstić information content (AvgIpc) is 2.47. The van der Waals surface area contributed by atoms with Crippen LogP contribution < -0.4 is 10.2 Å². The molecule has 2 rings (SSSR count). The van der Waals surface area contributed by atoms with Crippen molar-refractivity contribution in [3.8, 4) is 0 Å². The Morgan fingerprint density at radius 3 is 2.84 bits per heavy atom. The number of anilines is 1. The normalized spacial score (nSPS) is 23.2. The second kappa shape index (κ2) is 5.81. The maximum absolute atomic E-state index is 9.67. The van der Waals surface area contributed by atoms with E-state index in [4.69, 9.17) is 0 Å². The minimum Gasteiger partial charge on any atom is -0.394 e. The van der Waals surface area contributed by atoms with Crippen LogP contribution in [0, 0.1) is 12.3 Å². The molecule has 3 nitrogen and oxygen atoms in total. The number of nitrogens with zero attached hydrogens (tertiary/aromatic N) is 1. The highest BCUT2D eigenvalue weighted by molar-refractivity contribution is 9.10. The predicted molar refractivity (Wildman–Crippen MR) is 83.7 cm³/mol. The fraction of sp³-hybridized carbons (Fsp3) is 0.600. The zero-order valence-electron chi connectivity index (χ0n) is 11.9. The lowest BCUT2D eigenvalue weighted by Gasteiger charge is -2.36. The molecule has 1 aromatic carbocycles. The first-order chi connectivity index (χ1) is 8.93. The molecule has 0 saturated carbocycles.